The highest BCUT2D eigenvalue weighted by Gasteiger charge is 2.23. The first-order valence-corrected chi connectivity index (χ1v) is 10.8. The van der Waals surface area contributed by atoms with Crippen LogP contribution < -0.4 is 11.1 Å². The van der Waals surface area contributed by atoms with Crippen LogP contribution >= 0.6 is 0 Å². The number of pyridine rings is 2. The second-order valence-corrected chi connectivity index (χ2v) is 8.73. The molecule has 0 aliphatic rings. The van der Waals surface area contributed by atoms with Crippen molar-refractivity contribution in [3.05, 3.63) is 92.5 Å². The summed E-state index contributed by atoms with van der Waals surface area (Å²) in [5.41, 5.74) is -0.188. The van der Waals surface area contributed by atoms with Crippen LogP contribution in [0.3, 0.4) is 0 Å². The molecule has 0 aliphatic carbocycles. The van der Waals surface area contributed by atoms with E-state index >= 15 is 0 Å². The molecular weight excluding hydrogens is 476 g/mol. The summed E-state index contributed by atoms with van der Waals surface area (Å²) >= 11 is 0. The van der Waals surface area contributed by atoms with E-state index in [1.165, 1.54) is 20.9 Å². The van der Waals surface area contributed by atoms with Gasteiger partial charge in [0.15, 0.2) is 23.3 Å². The average molecular weight is 484 g/mol. The molecule has 4 heterocycles. The number of hydrogen-bond donors (Lipinski definition) is 0. The van der Waals surface area contributed by atoms with Gasteiger partial charge in [0.25, 0.3) is 11.1 Å². The van der Waals surface area contributed by atoms with Gasteiger partial charge in [-0.15, -0.1) is 0 Å². The van der Waals surface area contributed by atoms with Crippen LogP contribution in [0.25, 0.3) is 65.7 Å². The van der Waals surface area contributed by atoms with Crippen LogP contribution in [0.4, 0.5) is 17.6 Å². The minimum Gasteiger partial charge on any atom is -0.268 e. The van der Waals surface area contributed by atoms with E-state index in [4.69, 9.17) is 0 Å². The van der Waals surface area contributed by atoms with Crippen molar-refractivity contribution >= 4 is 65.7 Å². The van der Waals surface area contributed by atoms with E-state index in [0.717, 1.165) is 24.3 Å². The van der Waals surface area contributed by atoms with Crippen LogP contribution in [0.5, 0.6) is 0 Å². The molecule has 0 fully saturated rings. The predicted octanol–water partition coefficient (Wildman–Crippen LogP) is 4.90. The summed E-state index contributed by atoms with van der Waals surface area (Å²) < 4.78 is 58.2. The van der Waals surface area contributed by atoms with Crippen molar-refractivity contribution in [2.75, 3.05) is 0 Å². The Labute approximate surface area is 194 Å². The molecule has 0 spiro atoms. The fourth-order valence-electron chi connectivity index (χ4n) is 5.38. The van der Waals surface area contributed by atoms with Crippen LogP contribution in [0.2, 0.25) is 0 Å². The van der Waals surface area contributed by atoms with Gasteiger partial charge in [-0.2, -0.15) is 0 Å². The number of fused-ring (bicyclic) bond motifs is 8. The fourth-order valence-corrected chi connectivity index (χ4v) is 5.38. The molecule has 0 N–H and O–H groups in total. The van der Waals surface area contributed by atoms with Crippen molar-refractivity contribution < 1.29 is 17.6 Å². The van der Waals surface area contributed by atoms with Gasteiger partial charge in [-0.05, 0) is 24.3 Å². The van der Waals surface area contributed by atoms with Gasteiger partial charge in [0.2, 0.25) is 0 Å². The number of nitrogens with zero attached hydrogens (tertiary/aromatic N) is 4. The van der Waals surface area contributed by atoms with E-state index in [2.05, 4.69) is 9.97 Å². The number of hydrogen-bond acceptors (Lipinski definition) is 4. The third-order valence-corrected chi connectivity index (χ3v) is 6.90. The zero-order valence-corrected chi connectivity index (χ0v) is 17.7. The Morgan fingerprint density at radius 3 is 1.31 bits per heavy atom. The van der Waals surface area contributed by atoms with Crippen molar-refractivity contribution in [1.82, 2.24) is 18.8 Å². The number of imidazole rings is 2. The molecule has 36 heavy (non-hydrogen) atoms. The van der Waals surface area contributed by atoms with Crippen LogP contribution in [-0.2, 0) is 0 Å². The Hall–Kier alpha value is -4.86. The smallest absolute Gasteiger partial charge is 0.264 e. The van der Waals surface area contributed by atoms with E-state index in [9.17, 15) is 27.2 Å². The topological polar surface area (TPSA) is 68.7 Å². The molecule has 4 aromatic carbocycles. The highest BCUT2D eigenvalue weighted by Crippen LogP contribution is 2.37. The van der Waals surface area contributed by atoms with Crippen molar-refractivity contribution in [2.45, 2.75) is 0 Å². The molecule has 0 saturated heterocycles. The van der Waals surface area contributed by atoms with Crippen molar-refractivity contribution in [1.29, 1.82) is 0 Å². The quantitative estimate of drug-likeness (QED) is 0.227. The lowest BCUT2D eigenvalue weighted by molar-refractivity contribution is 0.510. The zero-order chi connectivity index (χ0) is 24.6. The monoisotopic (exact) mass is 484 g/mol. The van der Waals surface area contributed by atoms with Crippen molar-refractivity contribution in [3.8, 4) is 0 Å². The molecule has 8 rings (SSSR count). The Kier molecular flexibility index (Phi) is 3.26. The largest absolute Gasteiger partial charge is 0.268 e. The van der Waals surface area contributed by atoms with Gasteiger partial charge < -0.3 is 0 Å². The van der Waals surface area contributed by atoms with Gasteiger partial charge in [-0.25, -0.2) is 27.5 Å². The summed E-state index contributed by atoms with van der Waals surface area (Å²) in [5, 5.41) is 2.38. The molecule has 0 aliphatic heterocycles. The molecule has 172 valence electrons. The minimum atomic E-state index is -1.11. The molecule has 0 bridgehead atoms. The molecule has 4 aromatic heterocycles. The summed E-state index contributed by atoms with van der Waals surface area (Å²) in [5.74, 6) is -4.38. The lowest BCUT2D eigenvalue weighted by Crippen LogP contribution is -2.16. The highest BCUT2D eigenvalue weighted by atomic mass is 19.2. The Morgan fingerprint density at radius 1 is 0.528 bits per heavy atom. The van der Waals surface area contributed by atoms with Crippen LogP contribution in [0.1, 0.15) is 0 Å². The second kappa shape index (κ2) is 6.03. The van der Waals surface area contributed by atoms with Gasteiger partial charge in [-0.1, -0.05) is 0 Å². The SMILES string of the molecule is O=c1c2ccc3c(=O)n4c5cc(F)c(F)cc5nc4c4ccc(c2c34)c2nc3cc(F)c(F)cc3n12. The summed E-state index contributed by atoms with van der Waals surface area (Å²) in [6, 6.07) is 10.1. The molecule has 0 radical (unpaired) electrons. The molecule has 6 nitrogen and oxygen atoms in total. The molecule has 8 aromatic rings. The van der Waals surface area contributed by atoms with E-state index in [0.29, 0.717) is 21.5 Å². The first kappa shape index (κ1) is 19.4. The minimum absolute atomic E-state index is 0.108. The number of rotatable bonds is 0. The molecule has 0 unspecified atom stereocenters. The van der Waals surface area contributed by atoms with Crippen molar-refractivity contribution in [2.24, 2.45) is 0 Å². The lowest BCUT2D eigenvalue weighted by atomic mass is 9.96. The summed E-state index contributed by atoms with van der Waals surface area (Å²) in [6.07, 6.45) is 0. The van der Waals surface area contributed by atoms with Gasteiger partial charge >= 0.3 is 0 Å². The fraction of sp³-hybridized carbons (Fsp3) is 0. The number of benzene rings is 4. The average Bonchev–Trinajstić information content (AvgIpc) is 3.40. The second-order valence-electron chi connectivity index (χ2n) is 8.73. The maximum Gasteiger partial charge on any atom is 0.264 e. The maximum atomic E-state index is 14.0. The standard InChI is InChI=1S/C26H8F4N4O2/c27-13-5-17-19(7-15(13)29)33-23(31-17)9-1-2-10-22-12(4-3-11(21(9)22)25(33)35)26(36)34-20-8-16(30)14(28)6-18(20)32-24(10)34/h1-8H. The van der Waals surface area contributed by atoms with Gasteiger partial charge in [0, 0.05) is 56.6 Å². The first-order chi connectivity index (χ1) is 17.3. The Balaban J connectivity index is 1.66. The van der Waals surface area contributed by atoms with Gasteiger partial charge in [0.05, 0.1) is 22.1 Å². The zero-order valence-electron chi connectivity index (χ0n) is 17.7. The van der Waals surface area contributed by atoms with Gasteiger partial charge in [-0.3, -0.25) is 18.4 Å². The molecule has 0 saturated carbocycles. The lowest BCUT2D eigenvalue weighted by Gasteiger charge is -2.12. The first-order valence-electron chi connectivity index (χ1n) is 10.8. The highest BCUT2D eigenvalue weighted by molar-refractivity contribution is 6.27. The van der Waals surface area contributed by atoms with Gasteiger partial charge in [0.1, 0.15) is 11.3 Å². The van der Waals surface area contributed by atoms with Crippen LogP contribution in [0.15, 0.2) is 58.1 Å². The van der Waals surface area contributed by atoms with E-state index in [1.54, 1.807) is 12.1 Å². The van der Waals surface area contributed by atoms with E-state index < -0.39 is 34.4 Å². The summed E-state index contributed by atoms with van der Waals surface area (Å²) in [4.78, 5) is 35.9. The van der Waals surface area contributed by atoms with Crippen molar-refractivity contribution in [3.63, 3.8) is 0 Å². The third-order valence-electron chi connectivity index (χ3n) is 6.90. The Bertz CT molecular complexity index is 2240. The van der Waals surface area contributed by atoms with E-state index in [-0.39, 0.29) is 44.1 Å². The maximum absolute atomic E-state index is 14.0. The van der Waals surface area contributed by atoms with E-state index in [1.807, 2.05) is 0 Å². The normalized spacial score (nSPS) is 12.7. The molecule has 10 heteroatoms. The molecular formula is C26H8F4N4O2. The van der Waals surface area contributed by atoms with Crippen LogP contribution in [-0.4, -0.2) is 18.8 Å². The summed E-state index contributed by atoms with van der Waals surface area (Å²) in [7, 11) is 0. The third kappa shape index (κ3) is 2.09. The molecule has 0 amide bonds. The predicted molar refractivity (Wildman–Crippen MR) is 126 cm³/mol. The van der Waals surface area contributed by atoms with Crippen LogP contribution in [0, 0.1) is 23.3 Å². The summed E-state index contributed by atoms with van der Waals surface area (Å²) in [6.45, 7) is 0. The molecule has 0 atom stereocenters. The Morgan fingerprint density at radius 2 is 0.889 bits per heavy atom. The number of aromatic nitrogens is 4. The number of halogens is 4.